The van der Waals surface area contributed by atoms with Crippen LogP contribution in [0.3, 0.4) is 0 Å². The molecular weight excluding hydrogens is 314 g/mol. The van der Waals surface area contributed by atoms with Crippen LogP contribution in [0.2, 0.25) is 0 Å². The molecule has 0 bridgehead atoms. The van der Waals surface area contributed by atoms with Gasteiger partial charge in [-0.1, -0.05) is 139 Å². The number of unbranched alkanes of at least 4 members (excludes halogenated alkanes) is 15. The topological polar surface area (TPSA) is 26.0 Å². The van der Waals surface area contributed by atoms with E-state index in [1.807, 2.05) is 18.2 Å². The largest absolute Gasteiger partial charge is 0.330 e. The minimum Gasteiger partial charge on any atom is -0.330 e. The molecule has 0 heterocycles. The molecule has 0 saturated carbocycles. The van der Waals surface area contributed by atoms with E-state index in [0.717, 1.165) is 6.54 Å². The van der Waals surface area contributed by atoms with Crippen molar-refractivity contribution in [2.24, 2.45) is 5.73 Å². The molecule has 1 rings (SSSR count). The summed E-state index contributed by atoms with van der Waals surface area (Å²) in [7, 11) is 0. The first kappa shape index (κ1) is 25.2. The fraction of sp³-hybridized carbons (Fsp3) is 0.760. The van der Waals surface area contributed by atoms with Gasteiger partial charge in [0.1, 0.15) is 0 Å². The molecule has 0 aromatic heterocycles. The zero-order valence-electron chi connectivity index (χ0n) is 18.0. The third-order valence-corrected chi connectivity index (χ3v) is 5.00. The highest BCUT2D eigenvalue weighted by Crippen LogP contribution is 2.13. The van der Waals surface area contributed by atoms with Gasteiger partial charge in [0.2, 0.25) is 0 Å². The summed E-state index contributed by atoms with van der Waals surface area (Å²) in [6.07, 6.45) is 22.9. The van der Waals surface area contributed by atoms with Crippen LogP contribution in [0.5, 0.6) is 0 Å². The molecule has 0 aliphatic heterocycles. The number of rotatable bonds is 16. The second-order valence-electron chi connectivity index (χ2n) is 7.75. The zero-order valence-corrected chi connectivity index (χ0v) is 18.0. The SMILES string of the molecule is CCCCCCCCCCCCCCCCCCN.Cc1ccccc1. The van der Waals surface area contributed by atoms with E-state index in [9.17, 15) is 0 Å². The van der Waals surface area contributed by atoms with Crippen LogP contribution in [0.1, 0.15) is 115 Å². The molecule has 1 nitrogen and oxygen atoms in total. The van der Waals surface area contributed by atoms with Gasteiger partial charge in [-0.3, -0.25) is 0 Å². The van der Waals surface area contributed by atoms with Crippen LogP contribution in [-0.4, -0.2) is 6.54 Å². The van der Waals surface area contributed by atoms with E-state index in [1.54, 1.807) is 0 Å². The molecule has 1 aromatic rings. The highest BCUT2D eigenvalue weighted by molar-refractivity contribution is 5.11. The van der Waals surface area contributed by atoms with Crippen molar-refractivity contribution < 1.29 is 0 Å². The Labute approximate surface area is 165 Å². The smallest absolute Gasteiger partial charge is 0.00773 e. The standard InChI is InChI=1S/C18H39N.C7H8/c1-2-3-4-5-6-7-8-9-10-11-12-13-14-15-16-17-18-19;1-7-5-3-2-4-6-7/h2-19H2,1H3;2-6H,1H3. The van der Waals surface area contributed by atoms with Gasteiger partial charge < -0.3 is 5.73 Å². The van der Waals surface area contributed by atoms with Crippen molar-refractivity contribution in [3.05, 3.63) is 35.9 Å². The Bertz CT molecular complexity index is 330. The molecule has 26 heavy (non-hydrogen) atoms. The van der Waals surface area contributed by atoms with Crippen molar-refractivity contribution in [1.82, 2.24) is 0 Å². The van der Waals surface area contributed by atoms with Gasteiger partial charge in [-0.2, -0.15) is 0 Å². The quantitative estimate of drug-likeness (QED) is 0.295. The minimum atomic E-state index is 0.873. The molecule has 2 N–H and O–H groups in total. The number of benzene rings is 1. The average Bonchev–Trinajstić information content (AvgIpc) is 2.66. The monoisotopic (exact) mass is 361 g/mol. The summed E-state index contributed by atoms with van der Waals surface area (Å²) in [6, 6.07) is 10.3. The van der Waals surface area contributed by atoms with Gasteiger partial charge in [-0.15, -0.1) is 0 Å². The van der Waals surface area contributed by atoms with Crippen LogP contribution in [0, 0.1) is 6.92 Å². The zero-order chi connectivity index (χ0) is 19.1. The fourth-order valence-electron chi connectivity index (χ4n) is 3.23. The normalized spacial score (nSPS) is 10.4. The lowest BCUT2D eigenvalue weighted by Crippen LogP contribution is -1.97. The second-order valence-corrected chi connectivity index (χ2v) is 7.75. The van der Waals surface area contributed by atoms with Gasteiger partial charge in [0, 0.05) is 0 Å². The van der Waals surface area contributed by atoms with E-state index in [0.29, 0.717) is 0 Å². The highest BCUT2D eigenvalue weighted by Gasteiger charge is 1.94. The number of aryl methyl sites for hydroxylation is 1. The van der Waals surface area contributed by atoms with E-state index in [2.05, 4.69) is 26.0 Å². The Kier molecular flexibility index (Phi) is 21.5. The molecule has 152 valence electrons. The molecule has 0 atom stereocenters. The van der Waals surface area contributed by atoms with Crippen LogP contribution in [0.25, 0.3) is 0 Å². The lowest BCUT2D eigenvalue weighted by molar-refractivity contribution is 0.530. The van der Waals surface area contributed by atoms with Crippen LogP contribution < -0.4 is 5.73 Å². The molecule has 0 spiro atoms. The lowest BCUT2D eigenvalue weighted by Gasteiger charge is -2.03. The van der Waals surface area contributed by atoms with E-state index in [4.69, 9.17) is 5.73 Å². The van der Waals surface area contributed by atoms with Gasteiger partial charge in [-0.05, 0) is 19.9 Å². The van der Waals surface area contributed by atoms with Crippen LogP contribution in [-0.2, 0) is 0 Å². The summed E-state index contributed by atoms with van der Waals surface area (Å²) in [6.45, 7) is 5.25. The summed E-state index contributed by atoms with van der Waals surface area (Å²) in [5, 5.41) is 0. The summed E-state index contributed by atoms with van der Waals surface area (Å²) in [5.74, 6) is 0. The highest BCUT2D eigenvalue weighted by atomic mass is 14.5. The predicted octanol–water partition coefficient (Wildman–Crippen LogP) is 8.20. The van der Waals surface area contributed by atoms with E-state index in [1.165, 1.54) is 108 Å². The van der Waals surface area contributed by atoms with Crippen molar-refractivity contribution in [3.8, 4) is 0 Å². The van der Waals surface area contributed by atoms with Gasteiger partial charge >= 0.3 is 0 Å². The first-order valence-corrected chi connectivity index (χ1v) is 11.5. The maximum atomic E-state index is 5.48. The van der Waals surface area contributed by atoms with E-state index >= 15 is 0 Å². The van der Waals surface area contributed by atoms with Crippen molar-refractivity contribution in [2.45, 2.75) is 117 Å². The van der Waals surface area contributed by atoms with Crippen LogP contribution in [0.4, 0.5) is 0 Å². The lowest BCUT2D eigenvalue weighted by atomic mass is 10.0. The second kappa shape index (κ2) is 22.2. The minimum absolute atomic E-state index is 0.873. The van der Waals surface area contributed by atoms with E-state index < -0.39 is 0 Å². The molecule has 0 radical (unpaired) electrons. The van der Waals surface area contributed by atoms with Gasteiger partial charge in [-0.25, -0.2) is 0 Å². The van der Waals surface area contributed by atoms with Crippen molar-refractivity contribution in [1.29, 1.82) is 0 Å². The third-order valence-electron chi connectivity index (χ3n) is 5.00. The van der Waals surface area contributed by atoms with Gasteiger partial charge in [0.25, 0.3) is 0 Å². The summed E-state index contributed by atoms with van der Waals surface area (Å²) < 4.78 is 0. The molecule has 0 amide bonds. The number of nitrogens with two attached hydrogens (primary N) is 1. The first-order chi connectivity index (χ1) is 12.8. The number of hydrogen-bond donors (Lipinski definition) is 1. The van der Waals surface area contributed by atoms with Gasteiger partial charge in [0.05, 0.1) is 0 Å². The Morgan fingerprint density at radius 2 is 0.885 bits per heavy atom. The molecule has 0 aliphatic carbocycles. The average molecular weight is 362 g/mol. The van der Waals surface area contributed by atoms with Crippen molar-refractivity contribution in [2.75, 3.05) is 6.54 Å². The Morgan fingerprint density at radius 3 is 1.15 bits per heavy atom. The molecule has 1 aromatic carbocycles. The summed E-state index contributed by atoms with van der Waals surface area (Å²) in [5.41, 5.74) is 6.80. The molecule has 0 fully saturated rings. The van der Waals surface area contributed by atoms with Crippen molar-refractivity contribution >= 4 is 0 Å². The van der Waals surface area contributed by atoms with E-state index in [-0.39, 0.29) is 0 Å². The number of hydrogen-bond acceptors (Lipinski definition) is 1. The van der Waals surface area contributed by atoms with Crippen LogP contribution in [0.15, 0.2) is 30.3 Å². The maximum absolute atomic E-state index is 5.48. The first-order valence-electron chi connectivity index (χ1n) is 11.5. The molecule has 1 heteroatoms. The molecule has 0 unspecified atom stereocenters. The Hall–Kier alpha value is -0.820. The molecule has 0 saturated heterocycles. The molecular formula is C25H47N. The molecule has 0 aliphatic rings. The predicted molar refractivity (Wildman–Crippen MR) is 120 cm³/mol. The van der Waals surface area contributed by atoms with Gasteiger partial charge in [0.15, 0.2) is 0 Å². The maximum Gasteiger partial charge on any atom is -0.00773 e. The summed E-state index contributed by atoms with van der Waals surface area (Å²) >= 11 is 0. The Balaban J connectivity index is 0.000000735. The van der Waals surface area contributed by atoms with Crippen molar-refractivity contribution in [3.63, 3.8) is 0 Å². The Morgan fingerprint density at radius 1 is 0.538 bits per heavy atom. The fourth-order valence-corrected chi connectivity index (χ4v) is 3.23. The van der Waals surface area contributed by atoms with Crippen LogP contribution >= 0.6 is 0 Å². The summed E-state index contributed by atoms with van der Waals surface area (Å²) in [4.78, 5) is 0. The third kappa shape index (κ3) is 21.2.